The molecule has 0 rings (SSSR count). The van der Waals surface area contributed by atoms with Gasteiger partial charge in [-0.2, -0.15) is 0 Å². The summed E-state index contributed by atoms with van der Waals surface area (Å²) in [6.07, 6.45) is -0.207. The maximum absolute atomic E-state index is 11.7. The van der Waals surface area contributed by atoms with Gasteiger partial charge in [-0.1, -0.05) is 13.8 Å². The first-order valence-corrected chi connectivity index (χ1v) is 6.80. The Morgan fingerprint density at radius 1 is 1.11 bits per heavy atom. The van der Waals surface area contributed by atoms with Crippen molar-refractivity contribution in [1.82, 2.24) is 5.32 Å². The van der Waals surface area contributed by atoms with E-state index >= 15 is 0 Å². The minimum Gasteiger partial charge on any atom is -0.463 e. The molecule has 1 unspecified atom stereocenters. The molecule has 0 saturated heterocycles. The summed E-state index contributed by atoms with van der Waals surface area (Å²) >= 11 is 10.8. The fraction of sp³-hybridized carbons (Fsp3) is 0.818. The number of carbonyl (C=O) groups is 2. The molecule has 0 aromatic carbocycles. The van der Waals surface area contributed by atoms with Gasteiger partial charge in [0.1, 0.15) is 19.3 Å². The molecule has 0 saturated carbocycles. The van der Waals surface area contributed by atoms with Crippen molar-refractivity contribution in [3.63, 3.8) is 0 Å². The highest BCUT2D eigenvalue weighted by atomic mass is 35.5. The largest absolute Gasteiger partial charge is 0.463 e. The fourth-order valence-electron chi connectivity index (χ4n) is 1.24. The lowest BCUT2D eigenvalue weighted by Crippen LogP contribution is -2.43. The van der Waals surface area contributed by atoms with Gasteiger partial charge in [-0.15, -0.1) is 23.2 Å². The first-order chi connectivity index (χ1) is 8.51. The molecule has 18 heavy (non-hydrogen) atoms. The lowest BCUT2D eigenvalue weighted by Gasteiger charge is -2.18. The van der Waals surface area contributed by atoms with Gasteiger partial charge in [-0.05, 0) is 12.3 Å². The lowest BCUT2D eigenvalue weighted by molar-refractivity contribution is -0.145. The highest BCUT2D eigenvalue weighted by Gasteiger charge is 2.23. The molecule has 0 bridgehead atoms. The molecule has 7 heteroatoms. The van der Waals surface area contributed by atoms with E-state index in [1.807, 2.05) is 13.8 Å². The van der Waals surface area contributed by atoms with Crippen LogP contribution in [0.2, 0.25) is 0 Å². The second kappa shape index (κ2) is 10.3. The van der Waals surface area contributed by atoms with E-state index < -0.39 is 18.1 Å². The molecule has 0 aliphatic carbocycles. The van der Waals surface area contributed by atoms with E-state index in [1.54, 1.807) is 0 Å². The average Bonchev–Trinajstić information content (AvgIpc) is 2.32. The lowest BCUT2D eigenvalue weighted by atomic mass is 10.0. The zero-order chi connectivity index (χ0) is 14.0. The van der Waals surface area contributed by atoms with Crippen molar-refractivity contribution in [3.05, 3.63) is 0 Å². The Kier molecular flexibility index (Phi) is 9.87. The molecule has 0 radical (unpaired) electrons. The maximum Gasteiger partial charge on any atom is 0.407 e. The third-order valence-electron chi connectivity index (χ3n) is 1.92. The van der Waals surface area contributed by atoms with Crippen LogP contribution < -0.4 is 5.32 Å². The molecule has 0 aliphatic heterocycles. The number of amides is 1. The first-order valence-electron chi connectivity index (χ1n) is 5.73. The van der Waals surface area contributed by atoms with Crippen molar-refractivity contribution < 1.29 is 19.1 Å². The molecule has 0 spiro atoms. The molecule has 0 aromatic rings. The predicted octanol–water partition coefficient (Wildman–Crippen LogP) is 2.15. The Morgan fingerprint density at radius 3 is 2.17 bits per heavy atom. The standard InChI is InChI=1S/C11H19Cl2NO4/c1-8(2)7-9(10(15)17-5-3-12)14-11(16)18-6-4-13/h8-9H,3-7H2,1-2H3,(H,14,16). The third-order valence-corrected chi connectivity index (χ3v) is 2.22. The van der Waals surface area contributed by atoms with E-state index in [1.165, 1.54) is 0 Å². The van der Waals surface area contributed by atoms with Crippen LogP contribution in [0.4, 0.5) is 4.79 Å². The van der Waals surface area contributed by atoms with Crippen LogP contribution in [0.1, 0.15) is 20.3 Å². The first kappa shape index (κ1) is 17.3. The number of alkyl carbamates (subject to hydrolysis) is 1. The second-order valence-electron chi connectivity index (χ2n) is 4.01. The monoisotopic (exact) mass is 299 g/mol. The van der Waals surface area contributed by atoms with Crippen LogP contribution in [0, 0.1) is 5.92 Å². The molecule has 5 nitrogen and oxygen atoms in total. The van der Waals surface area contributed by atoms with Gasteiger partial charge in [0.05, 0.1) is 11.8 Å². The van der Waals surface area contributed by atoms with Crippen LogP contribution >= 0.6 is 23.2 Å². The molecular weight excluding hydrogens is 281 g/mol. The number of carbonyl (C=O) groups excluding carboxylic acids is 2. The van der Waals surface area contributed by atoms with Gasteiger partial charge in [0.15, 0.2) is 0 Å². The van der Waals surface area contributed by atoms with Crippen LogP contribution in [0.25, 0.3) is 0 Å². The molecule has 1 N–H and O–H groups in total. The zero-order valence-electron chi connectivity index (χ0n) is 10.6. The van der Waals surface area contributed by atoms with Crippen molar-refractivity contribution in [2.45, 2.75) is 26.3 Å². The van der Waals surface area contributed by atoms with Crippen molar-refractivity contribution in [2.75, 3.05) is 25.0 Å². The molecule has 0 aromatic heterocycles. The Hall–Kier alpha value is -0.680. The van der Waals surface area contributed by atoms with E-state index in [-0.39, 0.29) is 30.9 Å². The maximum atomic E-state index is 11.7. The summed E-state index contributed by atoms with van der Waals surface area (Å²) in [6.45, 7) is 4.09. The third kappa shape index (κ3) is 8.42. The normalized spacial score (nSPS) is 12.1. The minimum atomic E-state index is -0.726. The molecule has 106 valence electrons. The van der Waals surface area contributed by atoms with Crippen molar-refractivity contribution in [1.29, 1.82) is 0 Å². The highest BCUT2D eigenvalue weighted by molar-refractivity contribution is 6.18. The number of alkyl halides is 2. The van der Waals surface area contributed by atoms with Crippen LogP contribution in [-0.4, -0.2) is 43.1 Å². The summed E-state index contributed by atoms with van der Waals surface area (Å²) in [5, 5.41) is 2.45. The SMILES string of the molecule is CC(C)CC(NC(=O)OCCCl)C(=O)OCCCl. The molecule has 0 fully saturated rings. The molecular formula is C11H19Cl2NO4. The quantitative estimate of drug-likeness (QED) is 0.551. The number of hydrogen-bond acceptors (Lipinski definition) is 4. The van der Waals surface area contributed by atoms with Gasteiger partial charge in [0.2, 0.25) is 0 Å². The van der Waals surface area contributed by atoms with Gasteiger partial charge in [0.25, 0.3) is 0 Å². The minimum absolute atomic E-state index is 0.0957. The van der Waals surface area contributed by atoms with Crippen LogP contribution in [0.5, 0.6) is 0 Å². The van der Waals surface area contributed by atoms with Gasteiger partial charge >= 0.3 is 12.1 Å². The van der Waals surface area contributed by atoms with E-state index in [9.17, 15) is 9.59 Å². The van der Waals surface area contributed by atoms with Gasteiger partial charge < -0.3 is 14.8 Å². The van der Waals surface area contributed by atoms with Crippen molar-refractivity contribution >= 4 is 35.3 Å². The molecule has 0 aliphatic rings. The molecule has 1 atom stereocenters. The predicted molar refractivity (Wildman–Crippen MR) is 70.1 cm³/mol. The van der Waals surface area contributed by atoms with Crippen LogP contribution in [0.3, 0.4) is 0 Å². The zero-order valence-corrected chi connectivity index (χ0v) is 12.1. The Bertz CT molecular complexity index is 261. The van der Waals surface area contributed by atoms with Gasteiger partial charge in [-0.3, -0.25) is 0 Å². The number of ether oxygens (including phenoxy) is 2. The van der Waals surface area contributed by atoms with E-state index in [4.69, 9.17) is 32.7 Å². The van der Waals surface area contributed by atoms with Crippen molar-refractivity contribution in [3.8, 4) is 0 Å². The van der Waals surface area contributed by atoms with Gasteiger partial charge in [-0.25, -0.2) is 9.59 Å². The van der Waals surface area contributed by atoms with Gasteiger partial charge in [0, 0.05) is 0 Å². The van der Waals surface area contributed by atoms with E-state index in [0.29, 0.717) is 6.42 Å². The number of esters is 1. The summed E-state index contributed by atoms with van der Waals surface area (Å²) < 4.78 is 9.63. The summed E-state index contributed by atoms with van der Waals surface area (Å²) in [5.74, 6) is 0.148. The Labute approximate surface area is 117 Å². The second-order valence-corrected chi connectivity index (χ2v) is 4.76. The number of hydrogen-bond donors (Lipinski definition) is 1. The summed E-state index contributed by atoms with van der Waals surface area (Å²) in [5.41, 5.74) is 0. The Morgan fingerprint density at radius 2 is 1.67 bits per heavy atom. The van der Waals surface area contributed by atoms with Crippen molar-refractivity contribution in [2.24, 2.45) is 5.92 Å². The van der Waals surface area contributed by atoms with Crippen LogP contribution in [0.15, 0.2) is 0 Å². The topological polar surface area (TPSA) is 64.6 Å². The Balaban J connectivity index is 4.29. The summed E-state index contributed by atoms with van der Waals surface area (Å²) in [6, 6.07) is -0.726. The number of rotatable bonds is 8. The highest BCUT2D eigenvalue weighted by Crippen LogP contribution is 2.07. The van der Waals surface area contributed by atoms with E-state index in [0.717, 1.165) is 0 Å². The number of halogens is 2. The van der Waals surface area contributed by atoms with Crippen LogP contribution in [-0.2, 0) is 14.3 Å². The average molecular weight is 300 g/mol. The molecule has 1 amide bonds. The summed E-state index contributed by atoms with van der Waals surface area (Å²) in [4.78, 5) is 23.0. The molecule has 0 heterocycles. The smallest absolute Gasteiger partial charge is 0.407 e. The van der Waals surface area contributed by atoms with E-state index in [2.05, 4.69) is 5.32 Å². The fourth-order valence-corrected chi connectivity index (χ4v) is 1.39. The summed E-state index contributed by atoms with van der Waals surface area (Å²) in [7, 11) is 0. The number of nitrogens with one attached hydrogen (secondary N) is 1.